The van der Waals surface area contributed by atoms with Crippen LogP contribution in [0.4, 0.5) is 0 Å². The molecule has 0 saturated carbocycles. The predicted molar refractivity (Wildman–Crippen MR) is 101 cm³/mol. The van der Waals surface area contributed by atoms with E-state index in [0.717, 1.165) is 11.8 Å². The number of rotatable bonds is 7. The molecular formula is C20H23N3O4. The quantitative estimate of drug-likeness (QED) is 0.554. The number of nitrogens with zero attached hydrogens (tertiary/aromatic N) is 3. The minimum Gasteiger partial charge on any atom is -0.496 e. The second-order valence-electron chi connectivity index (χ2n) is 6.14. The fourth-order valence-corrected chi connectivity index (χ4v) is 3.09. The van der Waals surface area contributed by atoms with E-state index in [1.54, 1.807) is 19.3 Å². The number of ether oxygens (including phenoxy) is 2. The van der Waals surface area contributed by atoms with Gasteiger partial charge in [-0.05, 0) is 18.6 Å². The maximum absolute atomic E-state index is 13.0. The van der Waals surface area contributed by atoms with Crippen LogP contribution in [0.2, 0.25) is 0 Å². The van der Waals surface area contributed by atoms with Crippen LogP contribution in [0, 0.1) is 0 Å². The molecule has 1 aromatic heterocycles. The Hall–Kier alpha value is -2.93. The summed E-state index contributed by atoms with van der Waals surface area (Å²) in [4.78, 5) is 30.0. The SMILES string of the molecule is C=CCOCCC(=O)N1CCCN1C(=O)c1cc(OC)c2ccccc2n1. The molecule has 1 aromatic carbocycles. The van der Waals surface area contributed by atoms with Gasteiger partial charge in [0.2, 0.25) is 5.91 Å². The zero-order valence-electron chi connectivity index (χ0n) is 15.4. The third-order valence-corrected chi connectivity index (χ3v) is 4.37. The fourth-order valence-electron chi connectivity index (χ4n) is 3.09. The molecule has 0 bridgehead atoms. The van der Waals surface area contributed by atoms with Gasteiger partial charge in [0, 0.05) is 24.5 Å². The molecule has 3 rings (SSSR count). The molecule has 0 atom stereocenters. The van der Waals surface area contributed by atoms with Gasteiger partial charge in [0.05, 0.1) is 32.3 Å². The van der Waals surface area contributed by atoms with Crippen molar-refractivity contribution in [2.45, 2.75) is 12.8 Å². The van der Waals surface area contributed by atoms with Gasteiger partial charge >= 0.3 is 0 Å². The Morgan fingerprint density at radius 2 is 2.04 bits per heavy atom. The van der Waals surface area contributed by atoms with Crippen molar-refractivity contribution < 1.29 is 19.1 Å². The zero-order chi connectivity index (χ0) is 19.2. The molecule has 142 valence electrons. The average molecular weight is 369 g/mol. The van der Waals surface area contributed by atoms with Gasteiger partial charge in [-0.15, -0.1) is 6.58 Å². The Bertz CT molecular complexity index is 852. The lowest BCUT2D eigenvalue weighted by molar-refractivity contribution is -0.141. The number of para-hydroxylation sites is 1. The second-order valence-corrected chi connectivity index (χ2v) is 6.14. The average Bonchev–Trinajstić information content (AvgIpc) is 3.19. The highest BCUT2D eigenvalue weighted by atomic mass is 16.5. The van der Waals surface area contributed by atoms with Crippen LogP contribution in [0.25, 0.3) is 10.9 Å². The van der Waals surface area contributed by atoms with Crippen LogP contribution in [-0.4, -0.2) is 60.2 Å². The molecule has 2 amide bonds. The van der Waals surface area contributed by atoms with E-state index in [0.29, 0.717) is 37.6 Å². The first kappa shape index (κ1) is 18.8. The van der Waals surface area contributed by atoms with Crippen molar-refractivity contribution in [1.29, 1.82) is 0 Å². The number of fused-ring (bicyclic) bond motifs is 1. The number of methoxy groups -OCH3 is 1. The Kier molecular flexibility index (Phi) is 6.03. The molecule has 27 heavy (non-hydrogen) atoms. The van der Waals surface area contributed by atoms with Crippen molar-refractivity contribution in [3.05, 3.63) is 48.7 Å². The molecule has 0 radical (unpaired) electrons. The number of amides is 2. The predicted octanol–water partition coefficient (Wildman–Crippen LogP) is 2.43. The maximum Gasteiger partial charge on any atom is 0.291 e. The highest BCUT2D eigenvalue weighted by Crippen LogP contribution is 2.26. The summed E-state index contributed by atoms with van der Waals surface area (Å²) < 4.78 is 10.7. The molecule has 2 aromatic rings. The van der Waals surface area contributed by atoms with Crippen molar-refractivity contribution in [2.75, 3.05) is 33.4 Å². The summed E-state index contributed by atoms with van der Waals surface area (Å²) in [5, 5.41) is 3.79. The molecule has 1 saturated heterocycles. The van der Waals surface area contributed by atoms with Crippen molar-refractivity contribution in [1.82, 2.24) is 15.0 Å². The second kappa shape index (κ2) is 8.64. The number of carbonyl (C=O) groups is 2. The van der Waals surface area contributed by atoms with Gasteiger partial charge in [0.1, 0.15) is 11.4 Å². The summed E-state index contributed by atoms with van der Waals surface area (Å²) in [5.41, 5.74) is 0.934. The Morgan fingerprint density at radius 1 is 1.26 bits per heavy atom. The van der Waals surface area contributed by atoms with Crippen LogP contribution in [0.1, 0.15) is 23.3 Å². The van der Waals surface area contributed by atoms with E-state index in [4.69, 9.17) is 9.47 Å². The molecule has 1 aliphatic heterocycles. The first-order valence-corrected chi connectivity index (χ1v) is 8.90. The highest BCUT2D eigenvalue weighted by Gasteiger charge is 2.32. The number of hydrazine groups is 1. The monoisotopic (exact) mass is 369 g/mol. The Balaban J connectivity index is 1.79. The minimum atomic E-state index is -0.308. The van der Waals surface area contributed by atoms with E-state index in [2.05, 4.69) is 11.6 Å². The van der Waals surface area contributed by atoms with Crippen molar-refractivity contribution in [3.8, 4) is 5.75 Å². The van der Waals surface area contributed by atoms with Gasteiger partial charge in [0.25, 0.3) is 5.91 Å². The summed E-state index contributed by atoms with van der Waals surface area (Å²) in [6, 6.07) is 9.10. The summed E-state index contributed by atoms with van der Waals surface area (Å²) in [6.45, 7) is 5.26. The molecule has 1 fully saturated rings. The van der Waals surface area contributed by atoms with E-state index < -0.39 is 0 Å². The Labute approximate surface area is 158 Å². The molecule has 0 unspecified atom stereocenters. The number of hydrogen-bond acceptors (Lipinski definition) is 5. The highest BCUT2D eigenvalue weighted by molar-refractivity contribution is 5.98. The fraction of sp³-hybridized carbons (Fsp3) is 0.350. The summed E-state index contributed by atoms with van der Waals surface area (Å²) in [5.74, 6) is 0.133. The van der Waals surface area contributed by atoms with Gasteiger partial charge in [-0.2, -0.15) is 0 Å². The van der Waals surface area contributed by atoms with E-state index >= 15 is 0 Å². The number of aromatic nitrogens is 1. The molecule has 7 heteroatoms. The van der Waals surface area contributed by atoms with Gasteiger partial charge in [0.15, 0.2) is 0 Å². The van der Waals surface area contributed by atoms with Crippen molar-refractivity contribution in [3.63, 3.8) is 0 Å². The molecule has 2 heterocycles. The topological polar surface area (TPSA) is 72.0 Å². The van der Waals surface area contributed by atoms with Crippen LogP contribution in [0.15, 0.2) is 43.0 Å². The molecular weight excluding hydrogens is 346 g/mol. The van der Waals surface area contributed by atoms with Gasteiger partial charge < -0.3 is 9.47 Å². The van der Waals surface area contributed by atoms with Crippen LogP contribution in [0.5, 0.6) is 5.75 Å². The van der Waals surface area contributed by atoms with E-state index in [-0.39, 0.29) is 23.9 Å². The Morgan fingerprint density at radius 3 is 2.81 bits per heavy atom. The smallest absolute Gasteiger partial charge is 0.291 e. The number of benzene rings is 1. The van der Waals surface area contributed by atoms with Gasteiger partial charge in [-0.3, -0.25) is 14.6 Å². The van der Waals surface area contributed by atoms with E-state index in [1.165, 1.54) is 10.0 Å². The van der Waals surface area contributed by atoms with Crippen LogP contribution in [-0.2, 0) is 9.53 Å². The van der Waals surface area contributed by atoms with Crippen molar-refractivity contribution in [2.24, 2.45) is 0 Å². The normalized spacial score (nSPS) is 13.8. The van der Waals surface area contributed by atoms with Crippen LogP contribution < -0.4 is 4.74 Å². The van der Waals surface area contributed by atoms with E-state index in [1.807, 2.05) is 24.3 Å². The number of pyridine rings is 1. The van der Waals surface area contributed by atoms with Crippen molar-refractivity contribution >= 4 is 22.7 Å². The van der Waals surface area contributed by atoms with Crippen LogP contribution in [0.3, 0.4) is 0 Å². The third-order valence-electron chi connectivity index (χ3n) is 4.37. The lowest BCUT2D eigenvalue weighted by Gasteiger charge is -2.27. The molecule has 0 spiro atoms. The summed E-state index contributed by atoms with van der Waals surface area (Å²) in [6.07, 6.45) is 2.58. The third kappa shape index (κ3) is 4.09. The van der Waals surface area contributed by atoms with Gasteiger partial charge in [-0.25, -0.2) is 9.99 Å². The lowest BCUT2D eigenvalue weighted by Crippen LogP contribution is -2.45. The van der Waals surface area contributed by atoms with Crippen LogP contribution >= 0.6 is 0 Å². The number of carbonyl (C=O) groups excluding carboxylic acids is 2. The summed E-state index contributed by atoms with van der Waals surface area (Å²) in [7, 11) is 1.56. The van der Waals surface area contributed by atoms with E-state index in [9.17, 15) is 9.59 Å². The zero-order valence-corrected chi connectivity index (χ0v) is 15.4. The first-order chi connectivity index (χ1) is 13.2. The largest absolute Gasteiger partial charge is 0.496 e. The van der Waals surface area contributed by atoms with Gasteiger partial charge in [-0.1, -0.05) is 18.2 Å². The molecule has 0 aliphatic carbocycles. The molecule has 1 aliphatic rings. The first-order valence-electron chi connectivity index (χ1n) is 8.90. The maximum atomic E-state index is 13.0. The molecule has 0 N–H and O–H groups in total. The summed E-state index contributed by atoms with van der Waals surface area (Å²) >= 11 is 0. The lowest BCUT2D eigenvalue weighted by atomic mass is 10.1. The standard InChI is InChI=1S/C20H23N3O4/c1-3-12-27-13-9-19(24)22-10-6-11-23(22)20(25)17-14-18(26-2)15-7-4-5-8-16(15)21-17/h3-5,7-8,14H,1,6,9-13H2,2H3. The number of hydrogen-bond donors (Lipinski definition) is 0. The minimum absolute atomic E-state index is 0.141. The molecule has 7 nitrogen and oxygen atoms in total.